The zero-order valence-electron chi connectivity index (χ0n) is 16.8. The van der Waals surface area contributed by atoms with Gasteiger partial charge in [-0.05, 0) is 48.6 Å². The maximum Gasteiger partial charge on any atom is 0.184 e. The number of para-hydroxylation sites is 1. The highest BCUT2D eigenvalue weighted by molar-refractivity contribution is 5.94. The van der Waals surface area contributed by atoms with E-state index in [9.17, 15) is 4.79 Å². The molecule has 0 bridgehead atoms. The van der Waals surface area contributed by atoms with Gasteiger partial charge in [-0.1, -0.05) is 35.5 Å². The molecule has 2 heterocycles. The molecule has 1 atom stereocenters. The molecule has 1 saturated heterocycles. The topological polar surface area (TPSA) is 70.8 Å². The number of carbonyl (C=O) groups is 1. The lowest BCUT2D eigenvalue weighted by atomic mass is 10.00. The van der Waals surface area contributed by atoms with Crippen molar-refractivity contribution < 1.29 is 23.5 Å². The molecule has 0 N–H and O–H groups in total. The number of carbonyl (C=O) groups excluding carboxylic acids is 1. The molecule has 156 valence electrons. The fourth-order valence-electron chi connectivity index (χ4n) is 3.33. The number of nitrogens with zero attached hydrogens (tertiary/aromatic N) is 1. The van der Waals surface area contributed by atoms with Gasteiger partial charge in [0, 0.05) is 25.7 Å². The molecule has 0 spiro atoms. The van der Waals surface area contributed by atoms with Crippen molar-refractivity contribution in [3.63, 3.8) is 0 Å². The van der Waals surface area contributed by atoms with E-state index in [2.05, 4.69) is 5.16 Å². The minimum absolute atomic E-state index is 0.00547. The molecule has 1 fully saturated rings. The number of Topliss-reactive ketones (excluding diaryl/α,β-unsaturated/α-hetero) is 1. The molecule has 1 aromatic heterocycles. The third kappa shape index (κ3) is 5.78. The summed E-state index contributed by atoms with van der Waals surface area (Å²) in [6.45, 7) is 2.24. The first-order valence-corrected chi connectivity index (χ1v) is 10.2. The normalized spacial score (nSPS) is 15.9. The lowest BCUT2D eigenvalue weighted by Crippen LogP contribution is -2.05. The Morgan fingerprint density at radius 2 is 1.83 bits per heavy atom. The van der Waals surface area contributed by atoms with Crippen molar-refractivity contribution in [2.75, 3.05) is 13.2 Å². The number of ketones is 1. The maximum atomic E-state index is 12.3. The summed E-state index contributed by atoms with van der Waals surface area (Å²) in [5.41, 5.74) is 1.39. The molecule has 1 unspecified atom stereocenters. The Balaban J connectivity index is 1.20. The Bertz CT molecular complexity index is 930. The summed E-state index contributed by atoms with van der Waals surface area (Å²) >= 11 is 0. The molecule has 2 aromatic carbocycles. The zero-order chi connectivity index (χ0) is 20.6. The van der Waals surface area contributed by atoms with Crippen molar-refractivity contribution in [1.29, 1.82) is 0 Å². The van der Waals surface area contributed by atoms with Crippen molar-refractivity contribution in [3.8, 4) is 11.5 Å². The Morgan fingerprint density at radius 3 is 2.60 bits per heavy atom. The molecule has 0 aliphatic carbocycles. The van der Waals surface area contributed by atoms with E-state index in [4.69, 9.17) is 18.7 Å². The number of hydrogen-bond donors (Lipinski definition) is 0. The average molecular weight is 407 g/mol. The van der Waals surface area contributed by atoms with Crippen LogP contribution in [0.25, 0.3) is 0 Å². The van der Waals surface area contributed by atoms with Crippen LogP contribution in [0, 0.1) is 5.92 Å². The monoisotopic (exact) mass is 407 g/mol. The molecule has 4 rings (SSSR count). The van der Waals surface area contributed by atoms with Gasteiger partial charge in [0.2, 0.25) is 0 Å². The highest BCUT2D eigenvalue weighted by Gasteiger charge is 2.19. The summed E-state index contributed by atoms with van der Waals surface area (Å²) in [6, 6.07) is 19.1. The number of benzene rings is 2. The minimum atomic E-state index is 0.00547. The summed E-state index contributed by atoms with van der Waals surface area (Å²) in [5.74, 6) is 2.60. The number of rotatable bonds is 10. The molecular formula is C24H25NO5. The average Bonchev–Trinajstić information content (AvgIpc) is 3.46. The quantitative estimate of drug-likeness (QED) is 0.431. The van der Waals surface area contributed by atoms with Crippen molar-refractivity contribution in [3.05, 3.63) is 77.7 Å². The van der Waals surface area contributed by atoms with Gasteiger partial charge in [0.25, 0.3) is 0 Å². The van der Waals surface area contributed by atoms with E-state index in [0.717, 1.165) is 43.1 Å². The Labute approximate surface area is 175 Å². The molecule has 0 saturated carbocycles. The molecule has 0 amide bonds. The zero-order valence-corrected chi connectivity index (χ0v) is 16.8. The largest absolute Gasteiger partial charge is 0.457 e. The van der Waals surface area contributed by atoms with E-state index in [1.54, 1.807) is 6.07 Å². The number of ether oxygens (including phenoxy) is 3. The van der Waals surface area contributed by atoms with E-state index in [0.29, 0.717) is 30.4 Å². The fraction of sp³-hybridized carbons (Fsp3) is 0.333. The second-order valence-corrected chi connectivity index (χ2v) is 7.42. The summed E-state index contributed by atoms with van der Waals surface area (Å²) in [7, 11) is 0. The maximum absolute atomic E-state index is 12.3. The first-order valence-electron chi connectivity index (χ1n) is 10.2. The van der Waals surface area contributed by atoms with Gasteiger partial charge in [0.15, 0.2) is 11.5 Å². The summed E-state index contributed by atoms with van der Waals surface area (Å²) in [5, 5.41) is 3.89. The Kier molecular flexibility index (Phi) is 6.90. The van der Waals surface area contributed by atoms with Crippen molar-refractivity contribution in [2.24, 2.45) is 5.92 Å². The van der Waals surface area contributed by atoms with Gasteiger partial charge in [-0.2, -0.15) is 0 Å². The van der Waals surface area contributed by atoms with E-state index < -0.39 is 0 Å². The third-order valence-electron chi connectivity index (χ3n) is 5.06. The predicted octanol–water partition coefficient (Wildman–Crippen LogP) is 5.18. The number of hydrogen-bond acceptors (Lipinski definition) is 6. The van der Waals surface area contributed by atoms with Crippen LogP contribution in [-0.4, -0.2) is 24.2 Å². The second-order valence-electron chi connectivity index (χ2n) is 7.42. The van der Waals surface area contributed by atoms with Crippen LogP contribution in [0.15, 0.2) is 65.2 Å². The van der Waals surface area contributed by atoms with E-state index in [1.807, 2.05) is 54.6 Å². The summed E-state index contributed by atoms with van der Waals surface area (Å²) in [6.07, 6.45) is 2.34. The molecule has 3 aromatic rings. The Hall–Kier alpha value is -2.96. The molecule has 6 nitrogen and oxygen atoms in total. The van der Waals surface area contributed by atoms with Gasteiger partial charge in [-0.25, -0.2) is 0 Å². The van der Waals surface area contributed by atoms with Crippen LogP contribution in [0.1, 0.15) is 41.1 Å². The number of aromatic nitrogens is 1. The van der Waals surface area contributed by atoms with Gasteiger partial charge in [-0.15, -0.1) is 0 Å². The van der Waals surface area contributed by atoms with Crippen molar-refractivity contribution >= 4 is 5.78 Å². The predicted molar refractivity (Wildman–Crippen MR) is 110 cm³/mol. The molecule has 6 heteroatoms. The third-order valence-corrected chi connectivity index (χ3v) is 5.06. The van der Waals surface area contributed by atoms with Crippen molar-refractivity contribution in [1.82, 2.24) is 5.16 Å². The van der Waals surface area contributed by atoms with Crippen LogP contribution >= 0.6 is 0 Å². The lowest BCUT2D eigenvalue weighted by Gasteiger charge is -2.07. The summed E-state index contributed by atoms with van der Waals surface area (Å²) in [4.78, 5) is 12.3. The molecule has 0 radical (unpaired) electrons. The van der Waals surface area contributed by atoms with Crippen LogP contribution in [0.3, 0.4) is 0 Å². The van der Waals surface area contributed by atoms with E-state index in [1.165, 1.54) is 0 Å². The molecular weight excluding hydrogens is 382 g/mol. The van der Waals surface area contributed by atoms with Crippen LogP contribution in [-0.2, 0) is 22.7 Å². The van der Waals surface area contributed by atoms with Crippen LogP contribution in [0.4, 0.5) is 0 Å². The van der Waals surface area contributed by atoms with Crippen molar-refractivity contribution in [2.45, 2.75) is 32.5 Å². The molecule has 30 heavy (non-hydrogen) atoms. The molecule has 1 aliphatic rings. The smallest absolute Gasteiger partial charge is 0.184 e. The van der Waals surface area contributed by atoms with E-state index >= 15 is 0 Å². The SMILES string of the molecule is O=C(CCC1CCOC1)c1cc(COCc2ccc(Oc3ccccc3)cc2)on1. The van der Waals surface area contributed by atoms with Crippen LogP contribution in [0.5, 0.6) is 11.5 Å². The standard InChI is InChI=1S/C24H25NO5/c26-24(11-8-19-12-13-27-15-19)23-14-22(30-25-23)17-28-16-18-6-9-21(10-7-18)29-20-4-2-1-3-5-20/h1-7,9-10,14,19H,8,11-13,15-17H2. The lowest BCUT2D eigenvalue weighted by molar-refractivity contribution is 0.0879. The Morgan fingerprint density at radius 1 is 1.03 bits per heavy atom. The molecule has 1 aliphatic heterocycles. The second kappa shape index (κ2) is 10.2. The van der Waals surface area contributed by atoms with Crippen LogP contribution in [0.2, 0.25) is 0 Å². The highest BCUT2D eigenvalue weighted by atomic mass is 16.5. The van der Waals surface area contributed by atoms with Gasteiger partial charge < -0.3 is 18.7 Å². The first-order chi connectivity index (χ1) is 14.8. The van der Waals surface area contributed by atoms with Gasteiger partial charge in [0.1, 0.15) is 23.8 Å². The summed E-state index contributed by atoms with van der Waals surface area (Å²) < 4.78 is 22.1. The van der Waals surface area contributed by atoms with E-state index in [-0.39, 0.29) is 12.4 Å². The van der Waals surface area contributed by atoms with Gasteiger partial charge in [-0.3, -0.25) is 4.79 Å². The minimum Gasteiger partial charge on any atom is -0.457 e. The van der Waals surface area contributed by atoms with Gasteiger partial charge >= 0.3 is 0 Å². The van der Waals surface area contributed by atoms with Crippen LogP contribution < -0.4 is 4.74 Å². The first kappa shape index (κ1) is 20.3. The van der Waals surface area contributed by atoms with Gasteiger partial charge in [0.05, 0.1) is 6.61 Å². The fourth-order valence-corrected chi connectivity index (χ4v) is 3.33. The highest BCUT2D eigenvalue weighted by Crippen LogP contribution is 2.22.